The molecule has 1 rings (SSSR count). The monoisotopic (exact) mass is 199 g/mol. The van der Waals surface area contributed by atoms with E-state index < -0.39 is 0 Å². The minimum Gasteiger partial charge on any atom is -0.354 e. The number of amides is 1. The zero-order valence-electron chi connectivity index (χ0n) is 9.34. The molecule has 0 radical (unpaired) electrons. The number of hydrogen-bond acceptors (Lipinski definition) is 3. The third-order valence-electron chi connectivity index (χ3n) is 2.69. The van der Waals surface area contributed by atoms with E-state index in [1.54, 1.807) is 0 Å². The first-order valence-corrected chi connectivity index (χ1v) is 5.14. The van der Waals surface area contributed by atoms with Crippen molar-refractivity contribution in [2.24, 2.45) is 11.1 Å². The molecule has 4 nitrogen and oxygen atoms in total. The summed E-state index contributed by atoms with van der Waals surface area (Å²) < 4.78 is 0. The Hall–Kier alpha value is -0.610. The Morgan fingerprint density at radius 2 is 2.29 bits per heavy atom. The molecule has 1 saturated heterocycles. The third-order valence-corrected chi connectivity index (χ3v) is 2.69. The summed E-state index contributed by atoms with van der Waals surface area (Å²) in [5.74, 6) is 0.114. The lowest BCUT2D eigenvalue weighted by Gasteiger charge is -2.28. The van der Waals surface area contributed by atoms with Gasteiger partial charge in [-0.2, -0.15) is 0 Å². The van der Waals surface area contributed by atoms with Crippen LogP contribution < -0.4 is 11.1 Å². The molecule has 3 N–H and O–H groups in total. The molecule has 1 amide bonds. The van der Waals surface area contributed by atoms with Crippen molar-refractivity contribution in [3.05, 3.63) is 0 Å². The fourth-order valence-corrected chi connectivity index (χ4v) is 1.99. The first-order valence-electron chi connectivity index (χ1n) is 5.14. The maximum absolute atomic E-state index is 11.7. The lowest BCUT2D eigenvalue weighted by molar-refractivity contribution is -0.125. The van der Waals surface area contributed by atoms with Crippen LogP contribution in [0.25, 0.3) is 0 Å². The molecule has 1 unspecified atom stereocenters. The van der Waals surface area contributed by atoms with Crippen LogP contribution in [0, 0.1) is 5.41 Å². The van der Waals surface area contributed by atoms with E-state index in [-0.39, 0.29) is 17.4 Å². The van der Waals surface area contributed by atoms with Crippen LogP contribution >= 0.6 is 0 Å². The molecular formula is C10H21N3O. The first-order chi connectivity index (χ1) is 6.46. The SMILES string of the molecule is CN1CC(C)(C)CNC(=O)C1CCN. The summed E-state index contributed by atoms with van der Waals surface area (Å²) in [6.45, 7) is 6.56. The third kappa shape index (κ3) is 2.69. The molecule has 0 saturated carbocycles. The Labute approximate surface area is 85.8 Å². The summed E-state index contributed by atoms with van der Waals surface area (Å²) in [5, 5.41) is 2.96. The minimum atomic E-state index is -0.0539. The van der Waals surface area contributed by atoms with Crippen molar-refractivity contribution >= 4 is 5.91 Å². The van der Waals surface area contributed by atoms with E-state index >= 15 is 0 Å². The summed E-state index contributed by atoms with van der Waals surface area (Å²) >= 11 is 0. The fourth-order valence-electron chi connectivity index (χ4n) is 1.99. The van der Waals surface area contributed by atoms with E-state index in [4.69, 9.17) is 5.73 Å². The first kappa shape index (κ1) is 11.5. The largest absolute Gasteiger partial charge is 0.354 e. The molecule has 1 fully saturated rings. The van der Waals surface area contributed by atoms with Gasteiger partial charge in [-0.3, -0.25) is 9.69 Å². The van der Waals surface area contributed by atoms with Crippen LogP contribution in [0.2, 0.25) is 0 Å². The van der Waals surface area contributed by atoms with Gasteiger partial charge in [0.15, 0.2) is 0 Å². The maximum Gasteiger partial charge on any atom is 0.237 e. The van der Waals surface area contributed by atoms with Crippen molar-refractivity contribution in [1.29, 1.82) is 0 Å². The highest BCUT2D eigenvalue weighted by molar-refractivity contribution is 5.82. The fraction of sp³-hybridized carbons (Fsp3) is 0.900. The second-order valence-electron chi connectivity index (χ2n) is 4.89. The van der Waals surface area contributed by atoms with Crippen molar-refractivity contribution < 1.29 is 4.79 Å². The summed E-state index contributed by atoms with van der Waals surface area (Å²) in [6, 6.07) is -0.0539. The highest BCUT2D eigenvalue weighted by Gasteiger charge is 2.32. The van der Waals surface area contributed by atoms with Crippen LogP contribution in [0.4, 0.5) is 0 Å². The minimum absolute atomic E-state index is 0.0539. The van der Waals surface area contributed by atoms with Crippen molar-refractivity contribution in [1.82, 2.24) is 10.2 Å². The van der Waals surface area contributed by atoms with Gasteiger partial charge in [-0.25, -0.2) is 0 Å². The van der Waals surface area contributed by atoms with E-state index in [0.717, 1.165) is 19.5 Å². The second kappa shape index (κ2) is 4.28. The Bertz CT molecular complexity index is 215. The van der Waals surface area contributed by atoms with E-state index in [1.165, 1.54) is 0 Å². The number of nitrogens with two attached hydrogens (primary N) is 1. The topological polar surface area (TPSA) is 58.4 Å². The number of nitrogens with one attached hydrogen (secondary N) is 1. The molecule has 14 heavy (non-hydrogen) atoms. The molecule has 1 aliphatic rings. The van der Waals surface area contributed by atoms with Crippen molar-refractivity contribution in [2.45, 2.75) is 26.3 Å². The zero-order valence-corrected chi connectivity index (χ0v) is 9.34. The number of nitrogens with zero attached hydrogens (tertiary/aromatic N) is 1. The van der Waals surface area contributed by atoms with Gasteiger partial charge >= 0.3 is 0 Å². The van der Waals surface area contributed by atoms with E-state index in [9.17, 15) is 4.79 Å². The maximum atomic E-state index is 11.7. The van der Waals surface area contributed by atoms with Crippen molar-refractivity contribution in [3.8, 4) is 0 Å². The Kier molecular flexibility index (Phi) is 3.50. The van der Waals surface area contributed by atoms with Gasteiger partial charge in [0.1, 0.15) is 0 Å². The van der Waals surface area contributed by atoms with Crippen LogP contribution in [0.1, 0.15) is 20.3 Å². The van der Waals surface area contributed by atoms with Crippen LogP contribution in [0.3, 0.4) is 0 Å². The van der Waals surface area contributed by atoms with Crippen LogP contribution in [0.15, 0.2) is 0 Å². The average molecular weight is 199 g/mol. The molecular weight excluding hydrogens is 178 g/mol. The molecule has 0 aromatic heterocycles. The lowest BCUT2D eigenvalue weighted by atomic mass is 9.93. The molecule has 1 heterocycles. The lowest BCUT2D eigenvalue weighted by Crippen LogP contribution is -2.43. The van der Waals surface area contributed by atoms with Gasteiger partial charge < -0.3 is 11.1 Å². The smallest absolute Gasteiger partial charge is 0.237 e. The molecule has 0 aromatic rings. The van der Waals surface area contributed by atoms with Crippen molar-refractivity contribution in [2.75, 3.05) is 26.7 Å². The van der Waals surface area contributed by atoms with Gasteiger partial charge in [-0.1, -0.05) is 13.8 Å². The molecule has 0 bridgehead atoms. The molecule has 1 aliphatic heterocycles. The quantitative estimate of drug-likeness (QED) is 0.647. The average Bonchev–Trinajstić information content (AvgIpc) is 2.16. The molecule has 4 heteroatoms. The van der Waals surface area contributed by atoms with E-state index in [2.05, 4.69) is 24.1 Å². The summed E-state index contributed by atoms with van der Waals surface area (Å²) in [7, 11) is 1.99. The van der Waals surface area contributed by atoms with Gasteiger partial charge in [-0.05, 0) is 25.4 Å². The predicted octanol–water partition coefficient (Wildman–Crippen LogP) is -0.208. The normalized spacial score (nSPS) is 28.3. The standard InChI is InChI=1S/C10H21N3O/c1-10(2)6-12-9(14)8(4-5-11)13(3)7-10/h8H,4-7,11H2,1-3H3,(H,12,14). The number of rotatable bonds is 2. The number of likely N-dealkylation sites (N-methyl/N-ethyl adjacent to an activating group) is 1. The van der Waals surface area contributed by atoms with E-state index in [1.807, 2.05) is 7.05 Å². The molecule has 0 spiro atoms. The molecule has 0 aliphatic carbocycles. The molecule has 1 atom stereocenters. The summed E-state index contributed by atoms with van der Waals surface area (Å²) in [4.78, 5) is 13.8. The molecule has 82 valence electrons. The van der Waals surface area contributed by atoms with Crippen LogP contribution in [-0.4, -0.2) is 43.5 Å². The number of carbonyl (C=O) groups excluding carboxylic acids is 1. The number of carbonyl (C=O) groups is 1. The Morgan fingerprint density at radius 3 is 2.86 bits per heavy atom. The number of hydrogen-bond donors (Lipinski definition) is 2. The van der Waals surface area contributed by atoms with Gasteiger partial charge in [-0.15, -0.1) is 0 Å². The van der Waals surface area contributed by atoms with Crippen molar-refractivity contribution in [3.63, 3.8) is 0 Å². The predicted molar refractivity (Wildman–Crippen MR) is 56.9 cm³/mol. The molecule has 0 aromatic carbocycles. The summed E-state index contributed by atoms with van der Waals surface area (Å²) in [6.07, 6.45) is 0.735. The Balaban J connectivity index is 2.71. The summed E-state index contributed by atoms with van der Waals surface area (Å²) in [5.41, 5.74) is 5.64. The van der Waals surface area contributed by atoms with Gasteiger partial charge in [0, 0.05) is 13.1 Å². The highest BCUT2D eigenvalue weighted by Crippen LogP contribution is 2.20. The Morgan fingerprint density at radius 1 is 1.64 bits per heavy atom. The van der Waals surface area contributed by atoms with E-state index in [0.29, 0.717) is 6.54 Å². The van der Waals surface area contributed by atoms with Crippen LogP contribution in [0.5, 0.6) is 0 Å². The van der Waals surface area contributed by atoms with Gasteiger partial charge in [0.25, 0.3) is 0 Å². The van der Waals surface area contributed by atoms with Crippen LogP contribution in [-0.2, 0) is 4.79 Å². The highest BCUT2D eigenvalue weighted by atomic mass is 16.2. The zero-order chi connectivity index (χ0) is 10.8. The van der Waals surface area contributed by atoms with Gasteiger partial charge in [0.05, 0.1) is 6.04 Å². The van der Waals surface area contributed by atoms with Gasteiger partial charge in [0.2, 0.25) is 5.91 Å². The second-order valence-corrected chi connectivity index (χ2v) is 4.89.